The highest BCUT2D eigenvalue weighted by Gasteiger charge is 2.50. The highest BCUT2D eigenvalue weighted by Crippen LogP contribution is 2.52. The lowest BCUT2D eigenvalue weighted by Crippen LogP contribution is -2.37. The Morgan fingerprint density at radius 2 is 2.00 bits per heavy atom. The molecule has 1 saturated carbocycles. The molecule has 1 amide bonds. The quantitative estimate of drug-likeness (QED) is 0.734. The van der Waals surface area contributed by atoms with Crippen LogP contribution in [0.4, 0.5) is 0 Å². The van der Waals surface area contributed by atoms with Crippen LogP contribution < -0.4 is 0 Å². The number of rotatable bonds is 3. The van der Waals surface area contributed by atoms with Crippen LogP contribution in [0.3, 0.4) is 0 Å². The molecule has 2 nitrogen and oxygen atoms in total. The fourth-order valence-corrected chi connectivity index (χ4v) is 4.22. The summed E-state index contributed by atoms with van der Waals surface area (Å²) in [6.07, 6.45) is 6.61. The SMILES string of the molecule is CCCCC(=O)N1C[C@@]2(C)C[C@H]1CC(C)(C)C2. The van der Waals surface area contributed by atoms with Crippen molar-refractivity contribution in [2.24, 2.45) is 10.8 Å². The molecule has 1 saturated heterocycles. The van der Waals surface area contributed by atoms with Crippen molar-refractivity contribution in [3.05, 3.63) is 0 Å². The van der Waals surface area contributed by atoms with Gasteiger partial charge in [0.2, 0.25) is 5.91 Å². The lowest BCUT2D eigenvalue weighted by atomic mass is 9.65. The lowest BCUT2D eigenvalue weighted by molar-refractivity contribution is -0.132. The molecule has 1 aliphatic carbocycles. The Morgan fingerprint density at radius 1 is 1.29 bits per heavy atom. The lowest BCUT2D eigenvalue weighted by Gasteiger charge is -2.39. The number of carbonyl (C=O) groups is 1. The highest BCUT2D eigenvalue weighted by atomic mass is 16.2. The second-order valence-electron chi connectivity index (χ2n) is 7.34. The van der Waals surface area contributed by atoms with Gasteiger partial charge in [0.1, 0.15) is 0 Å². The number of carbonyl (C=O) groups excluding carboxylic acids is 1. The fourth-order valence-electron chi connectivity index (χ4n) is 4.22. The molecule has 1 aliphatic heterocycles. The fraction of sp³-hybridized carbons (Fsp3) is 0.933. The molecule has 98 valence electrons. The van der Waals surface area contributed by atoms with Crippen molar-refractivity contribution in [1.29, 1.82) is 0 Å². The molecular weight excluding hydrogens is 210 g/mol. The number of amides is 1. The van der Waals surface area contributed by atoms with E-state index in [1.54, 1.807) is 0 Å². The summed E-state index contributed by atoms with van der Waals surface area (Å²) in [6.45, 7) is 10.2. The van der Waals surface area contributed by atoms with Crippen LogP contribution in [0, 0.1) is 10.8 Å². The van der Waals surface area contributed by atoms with Gasteiger partial charge in [-0.05, 0) is 36.5 Å². The third-order valence-corrected chi connectivity index (χ3v) is 4.48. The number of fused-ring (bicyclic) bond motifs is 2. The summed E-state index contributed by atoms with van der Waals surface area (Å²) in [6, 6.07) is 0.521. The second-order valence-corrected chi connectivity index (χ2v) is 7.34. The van der Waals surface area contributed by atoms with Crippen molar-refractivity contribution in [3.63, 3.8) is 0 Å². The largest absolute Gasteiger partial charge is 0.339 e. The van der Waals surface area contributed by atoms with Crippen molar-refractivity contribution in [2.75, 3.05) is 6.54 Å². The normalized spacial score (nSPS) is 35.1. The van der Waals surface area contributed by atoms with Crippen LogP contribution in [0.15, 0.2) is 0 Å². The van der Waals surface area contributed by atoms with Gasteiger partial charge in [0.25, 0.3) is 0 Å². The Balaban J connectivity index is 2.05. The van der Waals surface area contributed by atoms with Gasteiger partial charge in [-0.1, -0.05) is 34.1 Å². The van der Waals surface area contributed by atoms with Crippen LogP contribution in [0.25, 0.3) is 0 Å². The van der Waals surface area contributed by atoms with E-state index in [9.17, 15) is 4.79 Å². The van der Waals surface area contributed by atoms with E-state index < -0.39 is 0 Å². The number of likely N-dealkylation sites (tertiary alicyclic amines) is 1. The summed E-state index contributed by atoms with van der Waals surface area (Å²) in [7, 11) is 0. The van der Waals surface area contributed by atoms with E-state index in [0.717, 1.165) is 25.8 Å². The van der Waals surface area contributed by atoms with Gasteiger partial charge in [-0.25, -0.2) is 0 Å². The third-order valence-electron chi connectivity index (χ3n) is 4.48. The Hall–Kier alpha value is -0.530. The van der Waals surface area contributed by atoms with Gasteiger partial charge in [-0.2, -0.15) is 0 Å². The minimum Gasteiger partial charge on any atom is -0.339 e. The number of hydrogen-bond donors (Lipinski definition) is 0. The van der Waals surface area contributed by atoms with Crippen molar-refractivity contribution in [3.8, 4) is 0 Å². The Bertz CT molecular complexity index is 310. The molecule has 2 bridgehead atoms. The molecule has 0 N–H and O–H groups in total. The first kappa shape index (κ1) is 12.9. The minimum absolute atomic E-state index is 0.383. The third kappa shape index (κ3) is 2.66. The predicted molar refractivity (Wildman–Crippen MR) is 70.8 cm³/mol. The average Bonchev–Trinajstić information content (AvgIpc) is 2.44. The van der Waals surface area contributed by atoms with Crippen molar-refractivity contribution < 1.29 is 4.79 Å². The van der Waals surface area contributed by atoms with Crippen LogP contribution in [-0.2, 0) is 4.79 Å². The molecule has 0 radical (unpaired) electrons. The maximum Gasteiger partial charge on any atom is 0.222 e. The van der Waals surface area contributed by atoms with E-state index in [4.69, 9.17) is 0 Å². The molecule has 0 aromatic carbocycles. The van der Waals surface area contributed by atoms with Gasteiger partial charge in [-0.15, -0.1) is 0 Å². The zero-order chi connectivity index (χ0) is 12.7. The maximum absolute atomic E-state index is 12.2. The van der Waals surface area contributed by atoms with Gasteiger partial charge in [0, 0.05) is 19.0 Å². The average molecular weight is 237 g/mol. The molecule has 0 aromatic heterocycles. The molecule has 0 spiro atoms. The predicted octanol–water partition coefficient (Wildman–Crippen LogP) is 3.60. The summed E-state index contributed by atoms with van der Waals surface area (Å²) >= 11 is 0. The van der Waals surface area contributed by atoms with E-state index in [-0.39, 0.29) is 0 Å². The number of unbranched alkanes of at least 4 members (excludes halogenated alkanes) is 1. The van der Waals surface area contributed by atoms with Gasteiger partial charge >= 0.3 is 0 Å². The Kier molecular flexibility index (Phi) is 3.26. The zero-order valence-electron chi connectivity index (χ0n) is 11.9. The second kappa shape index (κ2) is 4.29. The van der Waals surface area contributed by atoms with Crippen LogP contribution in [0.2, 0.25) is 0 Å². The number of hydrogen-bond acceptors (Lipinski definition) is 1. The molecule has 1 heterocycles. The van der Waals surface area contributed by atoms with E-state index in [0.29, 0.717) is 22.8 Å². The van der Waals surface area contributed by atoms with Crippen LogP contribution >= 0.6 is 0 Å². The van der Waals surface area contributed by atoms with Gasteiger partial charge in [-0.3, -0.25) is 4.79 Å². The van der Waals surface area contributed by atoms with Gasteiger partial charge in [0.05, 0.1) is 0 Å². The van der Waals surface area contributed by atoms with Crippen molar-refractivity contribution >= 4 is 5.91 Å². The first-order valence-electron chi connectivity index (χ1n) is 7.15. The highest BCUT2D eigenvalue weighted by molar-refractivity contribution is 5.77. The molecule has 2 rings (SSSR count). The van der Waals surface area contributed by atoms with Gasteiger partial charge < -0.3 is 4.90 Å². The monoisotopic (exact) mass is 237 g/mol. The first-order valence-corrected chi connectivity index (χ1v) is 7.15. The van der Waals surface area contributed by atoms with Crippen molar-refractivity contribution in [2.45, 2.75) is 72.3 Å². The standard InChI is InChI=1S/C15H27NO/c1-5-6-7-13(17)16-11-15(4)9-12(16)8-14(2,3)10-15/h12H,5-11H2,1-4H3/t12-,15+/m1/s1. The topological polar surface area (TPSA) is 20.3 Å². The minimum atomic E-state index is 0.383. The van der Waals surface area contributed by atoms with E-state index in [2.05, 4.69) is 32.6 Å². The van der Waals surface area contributed by atoms with Gasteiger partial charge in [0.15, 0.2) is 0 Å². The zero-order valence-corrected chi connectivity index (χ0v) is 11.9. The Morgan fingerprint density at radius 3 is 2.65 bits per heavy atom. The molecule has 2 atom stereocenters. The van der Waals surface area contributed by atoms with E-state index in [1.165, 1.54) is 19.3 Å². The van der Waals surface area contributed by atoms with E-state index in [1.807, 2.05) is 0 Å². The molecule has 0 unspecified atom stereocenters. The summed E-state index contributed by atoms with van der Waals surface area (Å²) in [4.78, 5) is 14.4. The summed E-state index contributed by atoms with van der Waals surface area (Å²) in [5.41, 5.74) is 0.797. The maximum atomic E-state index is 12.2. The van der Waals surface area contributed by atoms with Crippen LogP contribution in [0.1, 0.15) is 66.2 Å². The van der Waals surface area contributed by atoms with Crippen molar-refractivity contribution in [1.82, 2.24) is 4.90 Å². The molecular formula is C15H27NO. The molecule has 2 heteroatoms. The smallest absolute Gasteiger partial charge is 0.222 e. The summed E-state index contributed by atoms with van der Waals surface area (Å²) < 4.78 is 0. The van der Waals surface area contributed by atoms with E-state index >= 15 is 0 Å². The molecule has 2 fully saturated rings. The van der Waals surface area contributed by atoms with Crippen LogP contribution in [-0.4, -0.2) is 23.4 Å². The Labute approximate surface area is 106 Å². The molecule has 17 heavy (non-hydrogen) atoms. The summed E-state index contributed by atoms with van der Waals surface area (Å²) in [5, 5.41) is 0. The van der Waals surface area contributed by atoms with Crippen LogP contribution in [0.5, 0.6) is 0 Å². The molecule has 2 aliphatic rings. The summed E-state index contributed by atoms with van der Waals surface area (Å²) in [5.74, 6) is 0.401. The molecule has 0 aromatic rings. The number of nitrogens with zero attached hydrogens (tertiary/aromatic N) is 1. The first-order chi connectivity index (χ1) is 7.85.